The van der Waals surface area contributed by atoms with E-state index in [0.717, 1.165) is 28.0 Å². The van der Waals surface area contributed by atoms with Gasteiger partial charge in [-0.05, 0) is 57.4 Å². The van der Waals surface area contributed by atoms with Crippen LogP contribution in [0.3, 0.4) is 0 Å². The van der Waals surface area contributed by atoms with Gasteiger partial charge in [0.1, 0.15) is 0 Å². The molecule has 2 aromatic carbocycles. The van der Waals surface area contributed by atoms with Gasteiger partial charge in [-0.1, -0.05) is 95.8 Å². The molecule has 172 valence electrons. The van der Waals surface area contributed by atoms with E-state index in [-0.39, 0.29) is 5.92 Å². The van der Waals surface area contributed by atoms with Crippen molar-refractivity contribution in [2.24, 2.45) is 0 Å². The molecule has 2 heteroatoms. The Labute approximate surface area is 204 Å². The zero-order chi connectivity index (χ0) is 24.2. The Bertz CT molecular complexity index is 1270. The number of aromatic nitrogens is 2. The number of nitrogens with zero attached hydrogens (tertiary/aromatic N) is 2. The van der Waals surface area contributed by atoms with Crippen molar-refractivity contribution < 1.29 is 0 Å². The quantitative estimate of drug-likeness (QED) is 0.284. The molecule has 4 aromatic rings. The van der Waals surface area contributed by atoms with E-state index in [9.17, 15) is 0 Å². The number of pyridine rings is 2. The van der Waals surface area contributed by atoms with E-state index in [2.05, 4.69) is 107 Å². The van der Waals surface area contributed by atoms with Gasteiger partial charge < -0.3 is 0 Å². The highest BCUT2D eigenvalue weighted by Gasteiger charge is 2.16. The molecule has 2 aromatic heterocycles. The third-order valence-electron chi connectivity index (χ3n) is 6.69. The van der Waals surface area contributed by atoms with Crippen molar-refractivity contribution in [1.29, 1.82) is 0 Å². The lowest BCUT2D eigenvalue weighted by Crippen LogP contribution is -2.03. The molecule has 0 fully saturated rings. The largest absolute Gasteiger partial charge is 0.264 e. The molecule has 0 saturated carbocycles. The lowest BCUT2D eigenvalue weighted by molar-refractivity contribution is 0.805. The van der Waals surface area contributed by atoms with Crippen molar-refractivity contribution in [2.75, 3.05) is 0 Å². The molecule has 1 unspecified atom stereocenters. The summed E-state index contributed by atoms with van der Waals surface area (Å²) in [7, 11) is 0. The molecule has 0 bridgehead atoms. The molecule has 0 aliphatic heterocycles. The first-order valence-corrected chi connectivity index (χ1v) is 12.2. The Morgan fingerprint density at radius 3 is 2.06 bits per heavy atom. The summed E-state index contributed by atoms with van der Waals surface area (Å²) in [6.07, 6.45) is 5.90. The van der Waals surface area contributed by atoms with Gasteiger partial charge in [0.2, 0.25) is 0 Å². The van der Waals surface area contributed by atoms with E-state index in [0.29, 0.717) is 11.8 Å². The third-order valence-corrected chi connectivity index (χ3v) is 6.69. The Kier molecular flexibility index (Phi) is 7.07. The smallest absolute Gasteiger partial charge is 0.0705 e. The summed E-state index contributed by atoms with van der Waals surface area (Å²) in [6, 6.07) is 23.5. The molecular formula is C32H34N2. The van der Waals surface area contributed by atoms with Crippen LogP contribution in [0.4, 0.5) is 0 Å². The van der Waals surface area contributed by atoms with Crippen LogP contribution in [0.15, 0.2) is 91.9 Å². The van der Waals surface area contributed by atoms with Crippen LogP contribution in [0.5, 0.6) is 0 Å². The van der Waals surface area contributed by atoms with E-state index in [1.165, 1.54) is 22.3 Å². The first-order chi connectivity index (χ1) is 16.4. The summed E-state index contributed by atoms with van der Waals surface area (Å²) in [5, 5.41) is 0. The minimum Gasteiger partial charge on any atom is -0.264 e. The third kappa shape index (κ3) is 4.87. The second-order valence-electron chi connectivity index (χ2n) is 9.66. The number of benzene rings is 2. The van der Waals surface area contributed by atoms with Crippen LogP contribution >= 0.6 is 0 Å². The maximum absolute atomic E-state index is 4.84. The molecule has 0 radical (unpaired) electrons. The van der Waals surface area contributed by atoms with E-state index in [1.807, 2.05) is 24.7 Å². The van der Waals surface area contributed by atoms with Crippen LogP contribution in [0.25, 0.3) is 16.8 Å². The van der Waals surface area contributed by atoms with Crippen LogP contribution in [-0.4, -0.2) is 9.97 Å². The van der Waals surface area contributed by atoms with Crippen molar-refractivity contribution in [3.63, 3.8) is 0 Å². The SMILES string of the molecule is C=C(c1ccccc1)c1cnc(-c2ccc(C(C)c3cnccc3C(C)C)cc2)cc1C(C)C. The molecule has 0 spiro atoms. The first kappa shape index (κ1) is 23.6. The maximum Gasteiger partial charge on any atom is 0.0705 e. The van der Waals surface area contributed by atoms with E-state index in [1.54, 1.807) is 0 Å². The van der Waals surface area contributed by atoms with Crippen molar-refractivity contribution in [1.82, 2.24) is 9.97 Å². The van der Waals surface area contributed by atoms with Crippen LogP contribution in [0.1, 0.15) is 85.8 Å². The maximum atomic E-state index is 4.84. The van der Waals surface area contributed by atoms with E-state index < -0.39 is 0 Å². The average Bonchev–Trinajstić information content (AvgIpc) is 2.88. The molecule has 0 amide bonds. The van der Waals surface area contributed by atoms with Crippen molar-refractivity contribution >= 4 is 5.57 Å². The normalized spacial score (nSPS) is 12.2. The second-order valence-corrected chi connectivity index (χ2v) is 9.66. The molecule has 34 heavy (non-hydrogen) atoms. The standard InChI is InChI=1S/C32H34N2/c1-21(2)28-16-17-33-19-30(28)24(6)26-12-14-27(15-13-26)32-18-29(22(3)4)31(20-34-32)23(5)25-10-8-7-9-11-25/h7-22,24H,5H2,1-4,6H3. The highest BCUT2D eigenvalue weighted by Crippen LogP contribution is 2.34. The second kappa shape index (κ2) is 10.2. The van der Waals surface area contributed by atoms with E-state index >= 15 is 0 Å². The molecule has 2 heterocycles. The summed E-state index contributed by atoms with van der Waals surface area (Å²) in [6.45, 7) is 15.6. The van der Waals surface area contributed by atoms with Gasteiger partial charge in [0.05, 0.1) is 5.69 Å². The molecule has 2 nitrogen and oxygen atoms in total. The summed E-state index contributed by atoms with van der Waals surface area (Å²) in [5.41, 5.74) is 10.6. The predicted molar refractivity (Wildman–Crippen MR) is 144 cm³/mol. The van der Waals surface area contributed by atoms with Crippen molar-refractivity contribution in [3.8, 4) is 11.3 Å². The van der Waals surface area contributed by atoms with Crippen LogP contribution in [0.2, 0.25) is 0 Å². The Morgan fingerprint density at radius 1 is 0.735 bits per heavy atom. The molecular weight excluding hydrogens is 412 g/mol. The zero-order valence-corrected chi connectivity index (χ0v) is 20.9. The number of hydrogen-bond acceptors (Lipinski definition) is 2. The molecule has 0 saturated heterocycles. The van der Waals surface area contributed by atoms with Gasteiger partial charge in [0.25, 0.3) is 0 Å². The van der Waals surface area contributed by atoms with Crippen LogP contribution in [-0.2, 0) is 0 Å². The van der Waals surface area contributed by atoms with E-state index in [4.69, 9.17) is 4.98 Å². The Hall–Kier alpha value is -3.52. The summed E-state index contributed by atoms with van der Waals surface area (Å²) in [5.74, 6) is 1.13. The van der Waals surface area contributed by atoms with Crippen LogP contribution < -0.4 is 0 Å². The molecule has 0 N–H and O–H groups in total. The van der Waals surface area contributed by atoms with Gasteiger partial charge in [-0.15, -0.1) is 0 Å². The number of hydrogen-bond donors (Lipinski definition) is 0. The van der Waals surface area contributed by atoms with Gasteiger partial charge in [-0.25, -0.2) is 0 Å². The van der Waals surface area contributed by atoms with Crippen molar-refractivity contribution in [3.05, 3.63) is 125 Å². The topological polar surface area (TPSA) is 25.8 Å². The number of rotatable bonds is 7. The lowest BCUT2D eigenvalue weighted by atomic mass is 9.86. The minimum absolute atomic E-state index is 0.288. The summed E-state index contributed by atoms with van der Waals surface area (Å²) >= 11 is 0. The zero-order valence-electron chi connectivity index (χ0n) is 20.9. The van der Waals surface area contributed by atoms with Gasteiger partial charge in [0, 0.05) is 35.6 Å². The average molecular weight is 447 g/mol. The van der Waals surface area contributed by atoms with Gasteiger partial charge in [-0.3, -0.25) is 9.97 Å². The molecule has 1 atom stereocenters. The first-order valence-electron chi connectivity index (χ1n) is 12.2. The van der Waals surface area contributed by atoms with Gasteiger partial charge in [0.15, 0.2) is 0 Å². The monoisotopic (exact) mass is 446 g/mol. The highest BCUT2D eigenvalue weighted by molar-refractivity contribution is 5.80. The highest BCUT2D eigenvalue weighted by atomic mass is 14.7. The molecule has 4 rings (SSSR count). The minimum atomic E-state index is 0.288. The van der Waals surface area contributed by atoms with Crippen LogP contribution in [0, 0.1) is 0 Å². The summed E-state index contributed by atoms with van der Waals surface area (Å²) < 4.78 is 0. The Balaban J connectivity index is 1.64. The fraction of sp³-hybridized carbons (Fsp3) is 0.250. The van der Waals surface area contributed by atoms with Gasteiger partial charge in [-0.2, -0.15) is 0 Å². The van der Waals surface area contributed by atoms with Gasteiger partial charge >= 0.3 is 0 Å². The lowest BCUT2D eigenvalue weighted by Gasteiger charge is -2.19. The predicted octanol–water partition coefficient (Wildman–Crippen LogP) is 8.60. The molecule has 0 aliphatic carbocycles. The molecule has 0 aliphatic rings. The van der Waals surface area contributed by atoms with Crippen molar-refractivity contribution in [2.45, 2.75) is 52.4 Å². The fourth-order valence-electron chi connectivity index (χ4n) is 4.58. The Morgan fingerprint density at radius 2 is 1.41 bits per heavy atom. The fourth-order valence-corrected chi connectivity index (χ4v) is 4.58. The summed E-state index contributed by atoms with van der Waals surface area (Å²) in [4.78, 5) is 9.23.